The van der Waals surface area contributed by atoms with E-state index in [-0.39, 0.29) is 11.5 Å². The number of Topliss-reactive ketones (excluding diaryl/α,β-unsaturated/α-hetero) is 1. The van der Waals surface area contributed by atoms with E-state index in [4.69, 9.17) is 0 Å². The Bertz CT molecular complexity index is 910. The summed E-state index contributed by atoms with van der Waals surface area (Å²) in [5, 5.41) is 15.2. The van der Waals surface area contributed by atoms with Crippen molar-refractivity contribution in [2.45, 2.75) is 13.8 Å². The van der Waals surface area contributed by atoms with E-state index in [1.54, 1.807) is 23.0 Å². The average Bonchev–Trinajstić information content (AvgIpc) is 3.01. The first-order valence-electron chi connectivity index (χ1n) is 7.38. The van der Waals surface area contributed by atoms with Crippen molar-refractivity contribution < 1.29 is 9.72 Å². The molecule has 0 N–H and O–H groups in total. The third-order valence-electron chi connectivity index (χ3n) is 3.74. The molecule has 120 valence electrons. The van der Waals surface area contributed by atoms with Crippen LogP contribution >= 0.6 is 0 Å². The average molecular weight is 321 g/mol. The second-order valence-corrected chi connectivity index (χ2v) is 5.53. The normalized spacial score (nSPS) is 10.6. The fraction of sp³-hybridized carbons (Fsp3) is 0.111. The quantitative estimate of drug-likeness (QED) is 0.414. The van der Waals surface area contributed by atoms with Crippen molar-refractivity contribution in [2.24, 2.45) is 0 Å². The van der Waals surface area contributed by atoms with Gasteiger partial charge in [-0.05, 0) is 36.8 Å². The lowest BCUT2D eigenvalue weighted by Gasteiger charge is -2.01. The number of nitro benzene ring substituents is 1. The molecule has 0 bridgehead atoms. The highest BCUT2D eigenvalue weighted by Crippen LogP contribution is 2.27. The molecule has 6 nitrogen and oxygen atoms in total. The zero-order valence-corrected chi connectivity index (χ0v) is 13.3. The Morgan fingerprint density at radius 2 is 1.71 bits per heavy atom. The van der Waals surface area contributed by atoms with Gasteiger partial charge >= 0.3 is 0 Å². The number of benzene rings is 2. The van der Waals surface area contributed by atoms with Crippen LogP contribution in [0.25, 0.3) is 16.8 Å². The Morgan fingerprint density at radius 1 is 1.08 bits per heavy atom. The minimum absolute atomic E-state index is 0.00838. The smallest absolute Gasteiger partial charge is 0.269 e. The molecule has 2 aromatic carbocycles. The molecule has 0 aliphatic heterocycles. The highest BCUT2D eigenvalue weighted by Gasteiger charge is 2.16. The summed E-state index contributed by atoms with van der Waals surface area (Å²) in [6, 6.07) is 13.9. The molecule has 1 aromatic heterocycles. The van der Waals surface area contributed by atoms with Gasteiger partial charge in [0.25, 0.3) is 5.69 Å². The van der Waals surface area contributed by atoms with Crippen LogP contribution in [0.4, 0.5) is 5.69 Å². The number of hydrogen-bond donors (Lipinski definition) is 0. The van der Waals surface area contributed by atoms with Crippen LogP contribution in [0, 0.1) is 17.0 Å². The summed E-state index contributed by atoms with van der Waals surface area (Å²) < 4.78 is 1.65. The molecule has 3 rings (SSSR count). The number of ketones is 1. The summed E-state index contributed by atoms with van der Waals surface area (Å²) in [5.74, 6) is -0.158. The van der Waals surface area contributed by atoms with Crippen LogP contribution in [0.2, 0.25) is 0 Å². The largest absolute Gasteiger partial charge is 0.293 e. The summed E-state index contributed by atoms with van der Waals surface area (Å²) >= 11 is 0. The molecule has 0 spiro atoms. The van der Waals surface area contributed by atoms with E-state index in [1.807, 2.05) is 31.2 Å². The standard InChI is InChI=1S/C18H15N3O3/c1-12-3-7-15(8-4-12)20-11-17(18(19-20)13(2)22)14-5-9-16(10-6-14)21(23)24/h3-11H,1-2H3. The molecular weight excluding hydrogens is 306 g/mol. The van der Waals surface area contributed by atoms with E-state index >= 15 is 0 Å². The molecule has 24 heavy (non-hydrogen) atoms. The molecule has 0 atom stereocenters. The molecule has 0 unspecified atom stereocenters. The molecule has 3 aromatic rings. The number of aromatic nitrogens is 2. The van der Waals surface area contributed by atoms with Gasteiger partial charge in [-0.3, -0.25) is 14.9 Å². The number of carbonyl (C=O) groups is 1. The van der Waals surface area contributed by atoms with Gasteiger partial charge in [0, 0.05) is 30.8 Å². The van der Waals surface area contributed by atoms with Crippen LogP contribution in [0.3, 0.4) is 0 Å². The third kappa shape index (κ3) is 2.94. The molecule has 0 aliphatic rings. The minimum atomic E-state index is -0.453. The van der Waals surface area contributed by atoms with Crippen LogP contribution in [0.5, 0.6) is 0 Å². The van der Waals surface area contributed by atoms with Gasteiger partial charge in [-0.25, -0.2) is 4.68 Å². The van der Waals surface area contributed by atoms with Crippen molar-refractivity contribution in [1.29, 1.82) is 0 Å². The molecule has 0 amide bonds. The monoisotopic (exact) mass is 321 g/mol. The van der Waals surface area contributed by atoms with Gasteiger partial charge in [-0.2, -0.15) is 5.10 Å². The lowest BCUT2D eigenvalue weighted by atomic mass is 10.0. The van der Waals surface area contributed by atoms with Gasteiger partial charge in [-0.1, -0.05) is 17.7 Å². The fourth-order valence-corrected chi connectivity index (χ4v) is 2.44. The first-order valence-corrected chi connectivity index (χ1v) is 7.38. The Balaban J connectivity index is 2.08. The van der Waals surface area contributed by atoms with Gasteiger partial charge in [0.05, 0.1) is 10.6 Å². The first-order chi connectivity index (χ1) is 11.5. The SMILES string of the molecule is CC(=O)c1nn(-c2ccc(C)cc2)cc1-c1ccc([N+](=O)[O-])cc1. The van der Waals surface area contributed by atoms with Gasteiger partial charge < -0.3 is 0 Å². The number of aryl methyl sites for hydroxylation is 1. The number of rotatable bonds is 4. The van der Waals surface area contributed by atoms with Gasteiger partial charge in [0.15, 0.2) is 5.78 Å². The molecule has 0 saturated carbocycles. The highest BCUT2D eigenvalue weighted by atomic mass is 16.6. The molecular formula is C18H15N3O3. The van der Waals surface area contributed by atoms with E-state index in [1.165, 1.54) is 19.1 Å². The summed E-state index contributed by atoms with van der Waals surface area (Å²) in [5.41, 5.74) is 3.69. The number of nitrogens with zero attached hydrogens (tertiary/aromatic N) is 3. The Labute approximate surface area is 138 Å². The Hall–Kier alpha value is -3.28. The first kappa shape index (κ1) is 15.6. The Kier molecular flexibility index (Phi) is 3.95. The molecule has 6 heteroatoms. The van der Waals surface area contributed by atoms with Crippen molar-refractivity contribution >= 4 is 11.5 Å². The van der Waals surface area contributed by atoms with Crippen LogP contribution in [0.15, 0.2) is 54.7 Å². The van der Waals surface area contributed by atoms with E-state index in [0.29, 0.717) is 16.8 Å². The maximum Gasteiger partial charge on any atom is 0.269 e. The van der Waals surface area contributed by atoms with E-state index in [0.717, 1.165) is 11.3 Å². The van der Waals surface area contributed by atoms with Crippen molar-refractivity contribution in [1.82, 2.24) is 9.78 Å². The number of nitro groups is 1. The van der Waals surface area contributed by atoms with Crippen molar-refractivity contribution in [3.05, 3.63) is 76.1 Å². The molecule has 0 saturated heterocycles. The Morgan fingerprint density at radius 3 is 2.25 bits per heavy atom. The molecule has 1 heterocycles. The summed E-state index contributed by atoms with van der Waals surface area (Å²) in [4.78, 5) is 22.3. The van der Waals surface area contributed by atoms with Crippen molar-refractivity contribution in [3.63, 3.8) is 0 Å². The van der Waals surface area contributed by atoms with Gasteiger partial charge in [0.2, 0.25) is 0 Å². The van der Waals surface area contributed by atoms with Crippen molar-refractivity contribution in [2.75, 3.05) is 0 Å². The summed E-state index contributed by atoms with van der Waals surface area (Å²) in [7, 11) is 0. The van der Waals surface area contributed by atoms with Crippen LogP contribution in [0.1, 0.15) is 23.0 Å². The topological polar surface area (TPSA) is 78.0 Å². The zero-order chi connectivity index (χ0) is 17.3. The number of non-ortho nitro benzene ring substituents is 1. The van der Waals surface area contributed by atoms with Crippen LogP contribution < -0.4 is 0 Å². The summed E-state index contributed by atoms with van der Waals surface area (Å²) in [6.07, 6.45) is 1.77. The van der Waals surface area contributed by atoms with Gasteiger partial charge in [0.1, 0.15) is 5.69 Å². The van der Waals surface area contributed by atoms with Crippen molar-refractivity contribution in [3.8, 4) is 16.8 Å². The van der Waals surface area contributed by atoms with E-state index in [9.17, 15) is 14.9 Å². The second kappa shape index (κ2) is 6.08. The number of hydrogen-bond acceptors (Lipinski definition) is 4. The third-order valence-corrected chi connectivity index (χ3v) is 3.74. The lowest BCUT2D eigenvalue weighted by molar-refractivity contribution is -0.384. The van der Waals surface area contributed by atoms with Gasteiger partial charge in [-0.15, -0.1) is 0 Å². The maximum absolute atomic E-state index is 11.9. The minimum Gasteiger partial charge on any atom is -0.293 e. The highest BCUT2D eigenvalue weighted by molar-refractivity contribution is 5.99. The lowest BCUT2D eigenvalue weighted by Crippen LogP contribution is -1.99. The number of carbonyl (C=O) groups excluding carboxylic acids is 1. The molecule has 0 fully saturated rings. The van der Waals surface area contributed by atoms with Crippen LogP contribution in [-0.2, 0) is 0 Å². The van der Waals surface area contributed by atoms with Crippen LogP contribution in [-0.4, -0.2) is 20.5 Å². The fourth-order valence-electron chi connectivity index (χ4n) is 2.44. The molecule has 0 aliphatic carbocycles. The van der Waals surface area contributed by atoms with E-state index < -0.39 is 4.92 Å². The maximum atomic E-state index is 11.9. The summed E-state index contributed by atoms with van der Waals surface area (Å²) in [6.45, 7) is 3.45. The zero-order valence-electron chi connectivity index (χ0n) is 13.3. The van der Waals surface area contributed by atoms with E-state index in [2.05, 4.69) is 5.10 Å². The molecule has 0 radical (unpaired) electrons. The predicted molar refractivity (Wildman–Crippen MR) is 90.4 cm³/mol. The predicted octanol–water partition coefficient (Wildman–Crippen LogP) is 3.96. The second-order valence-electron chi connectivity index (χ2n) is 5.53.